The molecule has 2 aromatic rings. The van der Waals surface area contributed by atoms with E-state index in [-0.39, 0.29) is 42.9 Å². The molecule has 1 heterocycles. The highest BCUT2D eigenvalue weighted by atomic mass is 35.5. The molecule has 1 aliphatic heterocycles. The first-order valence-electron chi connectivity index (χ1n) is 8.91. The molecule has 5 heteroatoms. The van der Waals surface area contributed by atoms with Crippen molar-refractivity contribution in [3.8, 4) is 0 Å². The van der Waals surface area contributed by atoms with E-state index in [9.17, 15) is 4.79 Å². The van der Waals surface area contributed by atoms with Crippen LogP contribution >= 0.6 is 12.4 Å². The molecule has 0 aromatic heterocycles. The fourth-order valence-electron chi connectivity index (χ4n) is 3.30. The first-order valence-corrected chi connectivity index (χ1v) is 8.91. The number of nitrogens with one attached hydrogen (secondary N) is 1. The van der Waals surface area contributed by atoms with Gasteiger partial charge in [0.05, 0.1) is 6.04 Å². The van der Waals surface area contributed by atoms with Crippen molar-refractivity contribution in [1.29, 1.82) is 0 Å². The van der Waals surface area contributed by atoms with Crippen LogP contribution in [0.4, 0.5) is 0 Å². The highest BCUT2D eigenvalue weighted by Gasteiger charge is 2.29. The van der Waals surface area contributed by atoms with Gasteiger partial charge in [-0.2, -0.15) is 0 Å². The molecule has 3 rings (SSSR count). The van der Waals surface area contributed by atoms with Crippen LogP contribution in [0.1, 0.15) is 48.1 Å². The maximum absolute atomic E-state index is 12.5. The Balaban J connectivity index is 0.00000243. The Morgan fingerprint density at radius 3 is 2.58 bits per heavy atom. The predicted molar refractivity (Wildman–Crippen MR) is 106 cm³/mol. The van der Waals surface area contributed by atoms with Crippen LogP contribution in [-0.4, -0.2) is 18.6 Å². The number of ether oxygens (including phenoxy) is 1. The second kappa shape index (κ2) is 9.72. The molecule has 1 fully saturated rings. The molecular formula is C21H27ClN2O2. The van der Waals surface area contributed by atoms with Crippen LogP contribution in [-0.2, 0) is 9.53 Å². The summed E-state index contributed by atoms with van der Waals surface area (Å²) in [5.41, 5.74) is 9.48. The third kappa shape index (κ3) is 5.31. The Labute approximate surface area is 161 Å². The van der Waals surface area contributed by atoms with Gasteiger partial charge in [0.15, 0.2) is 0 Å². The van der Waals surface area contributed by atoms with Crippen molar-refractivity contribution in [2.75, 3.05) is 6.61 Å². The summed E-state index contributed by atoms with van der Waals surface area (Å²) >= 11 is 0. The lowest BCUT2D eigenvalue weighted by Gasteiger charge is -2.33. The van der Waals surface area contributed by atoms with Gasteiger partial charge in [0.25, 0.3) is 0 Å². The standard InChI is InChI=1S/C21H26N2O2.ClH/c1-15-9-11-17(12-10-15)21-19(8-5-13-25-21)23-20(24)14-18(22)16-6-3-2-4-7-16;/h2-4,6-7,9-12,18-19,21H,5,8,13-14,22H2,1H3,(H,23,24);1H. The number of halogens is 1. The minimum Gasteiger partial charge on any atom is -0.371 e. The van der Waals surface area contributed by atoms with Crippen LogP contribution in [0.3, 0.4) is 0 Å². The highest BCUT2D eigenvalue weighted by Crippen LogP contribution is 2.29. The van der Waals surface area contributed by atoms with Gasteiger partial charge in [-0.1, -0.05) is 60.2 Å². The maximum atomic E-state index is 12.5. The normalized spacial score (nSPS) is 20.7. The van der Waals surface area contributed by atoms with Gasteiger partial charge in [-0.15, -0.1) is 12.4 Å². The zero-order chi connectivity index (χ0) is 17.6. The molecule has 2 aromatic carbocycles. The zero-order valence-corrected chi connectivity index (χ0v) is 15.9. The molecule has 140 valence electrons. The molecule has 0 radical (unpaired) electrons. The second-order valence-electron chi connectivity index (χ2n) is 6.74. The Morgan fingerprint density at radius 2 is 1.88 bits per heavy atom. The van der Waals surface area contributed by atoms with Gasteiger partial charge in [-0.3, -0.25) is 4.79 Å². The molecule has 3 atom stereocenters. The molecule has 1 amide bonds. The smallest absolute Gasteiger partial charge is 0.222 e. The van der Waals surface area contributed by atoms with Crippen molar-refractivity contribution >= 4 is 18.3 Å². The van der Waals surface area contributed by atoms with Gasteiger partial charge in [0.1, 0.15) is 6.10 Å². The molecule has 0 bridgehead atoms. The number of amides is 1. The quantitative estimate of drug-likeness (QED) is 0.835. The van der Waals surface area contributed by atoms with Crippen molar-refractivity contribution in [2.24, 2.45) is 5.73 Å². The minimum absolute atomic E-state index is 0. The Hall–Kier alpha value is -1.88. The van der Waals surface area contributed by atoms with Gasteiger partial charge in [-0.05, 0) is 30.9 Å². The summed E-state index contributed by atoms with van der Waals surface area (Å²) in [5.74, 6) is -0.0241. The molecule has 3 N–H and O–H groups in total. The summed E-state index contributed by atoms with van der Waals surface area (Å²) in [5, 5.41) is 3.14. The summed E-state index contributed by atoms with van der Waals surface area (Å²) in [6, 6.07) is 17.8. The number of carbonyl (C=O) groups is 1. The minimum atomic E-state index is -0.288. The van der Waals surface area contributed by atoms with E-state index in [1.165, 1.54) is 5.56 Å². The zero-order valence-electron chi connectivity index (χ0n) is 15.1. The van der Waals surface area contributed by atoms with Crippen LogP contribution in [0.2, 0.25) is 0 Å². The molecule has 1 saturated heterocycles. The van der Waals surface area contributed by atoms with E-state index in [1.54, 1.807) is 0 Å². The van der Waals surface area contributed by atoms with Crippen molar-refractivity contribution in [3.63, 3.8) is 0 Å². The van der Waals surface area contributed by atoms with E-state index < -0.39 is 0 Å². The lowest BCUT2D eigenvalue weighted by atomic mass is 9.95. The van der Waals surface area contributed by atoms with Crippen LogP contribution in [0.5, 0.6) is 0 Å². The lowest BCUT2D eigenvalue weighted by molar-refractivity contribution is -0.124. The van der Waals surface area contributed by atoms with E-state index in [1.807, 2.05) is 30.3 Å². The summed E-state index contributed by atoms with van der Waals surface area (Å²) in [6.45, 7) is 2.80. The number of nitrogens with two attached hydrogens (primary N) is 1. The van der Waals surface area contributed by atoms with Gasteiger partial charge in [0, 0.05) is 19.1 Å². The number of hydrogen-bond donors (Lipinski definition) is 2. The molecule has 0 aliphatic carbocycles. The van der Waals surface area contributed by atoms with Gasteiger partial charge < -0.3 is 15.8 Å². The van der Waals surface area contributed by atoms with Gasteiger partial charge in [-0.25, -0.2) is 0 Å². The predicted octanol–water partition coefficient (Wildman–Crippen LogP) is 3.84. The average molecular weight is 375 g/mol. The summed E-state index contributed by atoms with van der Waals surface area (Å²) in [4.78, 5) is 12.5. The van der Waals surface area contributed by atoms with Crippen molar-refractivity contribution in [1.82, 2.24) is 5.32 Å². The van der Waals surface area contributed by atoms with Crippen LogP contribution < -0.4 is 11.1 Å². The van der Waals surface area contributed by atoms with Crippen molar-refractivity contribution in [2.45, 2.75) is 44.4 Å². The number of carbonyl (C=O) groups excluding carboxylic acids is 1. The van der Waals surface area contributed by atoms with Gasteiger partial charge >= 0.3 is 0 Å². The molecular weight excluding hydrogens is 348 g/mol. The Kier molecular flexibility index (Phi) is 7.64. The van der Waals surface area contributed by atoms with Crippen molar-refractivity contribution in [3.05, 3.63) is 71.3 Å². The molecule has 0 saturated carbocycles. The second-order valence-corrected chi connectivity index (χ2v) is 6.74. The fraction of sp³-hybridized carbons (Fsp3) is 0.381. The molecule has 0 spiro atoms. The van der Waals surface area contributed by atoms with Crippen LogP contribution in [0, 0.1) is 6.92 Å². The number of benzene rings is 2. The Morgan fingerprint density at radius 1 is 1.19 bits per heavy atom. The third-order valence-electron chi connectivity index (χ3n) is 4.71. The topological polar surface area (TPSA) is 64.3 Å². The van der Waals surface area contributed by atoms with Gasteiger partial charge in [0.2, 0.25) is 5.91 Å². The van der Waals surface area contributed by atoms with E-state index >= 15 is 0 Å². The monoisotopic (exact) mass is 374 g/mol. The first-order chi connectivity index (χ1) is 12.1. The maximum Gasteiger partial charge on any atom is 0.222 e. The Bertz CT molecular complexity index is 691. The highest BCUT2D eigenvalue weighted by molar-refractivity contribution is 5.85. The average Bonchev–Trinajstić information content (AvgIpc) is 2.63. The number of rotatable bonds is 5. The summed E-state index contributed by atoms with van der Waals surface area (Å²) in [7, 11) is 0. The molecule has 26 heavy (non-hydrogen) atoms. The molecule has 4 nitrogen and oxygen atoms in total. The van der Waals surface area contributed by atoms with E-state index in [0.29, 0.717) is 0 Å². The molecule has 1 aliphatic rings. The lowest BCUT2D eigenvalue weighted by Crippen LogP contribution is -2.43. The SMILES string of the molecule is Cc1ccc(C2OCCCC2NC(=O)CC(N)c2ccccc2)cc1.Cl. The largest absolute Gasteiger partial charge is 0.371 e. The summed E-state index contributed by atoms with van der Waals surface area (Å²) < 4.78 is 5.96. The van der Waals surface area contributed by atoms with E-state index in [0.717, 1.165) is 30.6 Å². The fourth-order valence-corrected chi connectivity index (χ4v) is 3.30. The van der Waals surface area contributed by atoms with E-state index in [2.05, 4.69) is 36.5 Å². The summed E-state index contributed by atoms with van der Waals surface area (Å²) in [6.07, 6.45) is 2.07. The van der Waals surface area contributed by atoms with Crippen molar-refractivity contribution < 1.29 is 9.53 Å². The van der Waals surface area contributed by atoms with Crippen LogP contribution in [0.15, 0.2) is 54.6 Å². The van der Waals surface area contributed by atoms with E-state index in [4.69, 9.17) is 10.5 Å². The number of hydrogen-bond acceptors (Lipinski definition) is 3. The van der Waals surface area contributed by atoms with Crippen LogP contribution in [0.25, 0.3) is 0 Å². The first kappa shape index (κ1) is 20.4. The third-order valence-corrected chi connectivity index (χ3v) is 4.71. The number of aryl methyl sites for hydroxylation is 1. The molecule has 3 unspecified atom stereocenters.